The van der Waals surface area contributed by atoms with Crippen molar-refractivity contribution in [2.45, 2.75) is 26.2 Å². The van der Waals surface area contributed by atoms with Gasteiger partial charge in [-0.1, -0.05) is 30.8 Å². The van der Waals surface area contributed by atoms with Gasteiger partial charge in [0.05, 0.1) is 0 Å². The van der Waals surface area contributed by atoms with Crippen molar-refractivity contribution in [3.8, 4) is 0 Å². The first kappa shape index (κ1) is 8.11. The normalized spacial score (nSPS) is 13.8. The van der Waals surface area contributed by atoms with Crippen molar-refractivity contribution in [2.24, 2.45) is 0 Å². The Balaban J connectivity index is 2.82. The molecule has 1 atom stereocenters. The Morgan fingerprint density at radius 1 is 1.50 bits per heavy atom. The number of hydrogen-bond donors (Lipinski definition) is 0. The minimum atomic E-state index is -1.82. The molecule has 0 aromatic heterocycles. The predicted octanol–water partition coefficient (Wildman–Crippen LogP) is 1.06. The molecule has 0 rings (SSSR count). The summed E-state index contributed by atoms with van der Waals surface area (Å²) in [4.78, 5) is 0. The Bertz CT molecular complexity index is 72.8. The fraction of sp³-hybridized carbons (Fsp3) is 1.00. The number of unbranched alkanes of at least 4 members (excludes halogenated alkanes) is 2. The highest BCUT2D eigenvalue weighted by Crippen LogP contribution is 1.93. The topological polar surface area (TPSA) is 40.1 Å². The van der Waals surface area contributed by atoms with Crippen LogP contribution in [0.25, 0.3) is 0 Å². The Labute approximate surface area is 52.6 Å². The van der Waals surface area contributed by atoms with E-state index in [4.69, 9.17) is 0 Å². The maximum Gasteiger partial charge on any atom is 0.0102 e. The van der Waals surface area contributed by atoms with Crippen LogP contribution in [-0.4, -0.2) is 14.5 Å². The van der Waals surface area contributed by atoms with Crippen molar-refractivity contribution < 1.29 is 8.76 Å². The Kier molecular flexibility index (Phi) is 5.32. The molecule has 0 aromatic carbocycles. The van der Waals surface area contributed by atoms with Gasteiger partial charge < -0.3 is 4.55 Å². The van der Waals surface area contributed by atoms with Gasteiger partial charge in [-0.25, -0.2) is 0 Å². The van der Waals surface area contributed by atoms with Crippen LogP contribution in [0.4, 0.5) is 0 Å². The average molecular weight is 135 g/mol. The third kappa shape index (κ3) is 6.11. The molecule has 50 valence electrons. The maximum absolute atomic E-state index is 9.87. The quantitative estimate of drug-likeness (QED) is 0.427. The maximum atomic E-state index is 9.87. The molecule has 0 aliphatic carbocycles. The SMILES string of the molecule is CCCCCS(=O)[O-]. The minimum Gasteiger partial charge on any atom is -0.772 e. The van der Waals surface area contributed by atoms with E-state index in [1.165, 1.54) is 0 Å². The zero-order chi connectivity index (χ0) is 6.41. The van der Waals surface area contributed by atoms with Gasteiger partial charge in [-0.15, -0.1) is 0 Å². The second-order valence-electron chi connectivity index (χ2n) is 1.71. The first-order valence-corrected chi connectivity index (χ1v) is 4.07. The highest BCUT2D eigenvalue weighted by Gasteiger charge is 1.83. The molecule has 1 unspecified atom stereocenters. The Morgan fingerprint density at radius 2 is 2.12 bits per heavy atom. The van der Waals surface area contributed by atoms with Gasteiger partial charge in [0.1, 0.15) is 0 Å². The summed E-state index contributed by atoms with van der Waals surface area (Å²) in [6.45, 7) is 2.05. The van der Waals surface area contributed by atoms with Crippen LogP contribution in [-0.2, 0) is 11.1 Å². The highest BCUT2D eigenvalue weighted by atomic mass is 32.2. The lowest BCUT2D eigenvalue weighted by Gasteiger charge is -2.01. The number of hydrogen-bond acceptors (Lipinski definition) is 2. The first-order valence-electron chi connectivity index (χ1n) is 2.83. The molecule has 0 fully saturated rings. The van der Waals surface area contributed by atoms with Gasteiger partial charge in [-0.2, -0.15) is 0 Å². The zero-order valence-corrected chi connectivity index (χ0v) is 5.87. The summed E-state index contributed by atoms with van der Waals surface area (Å²) in [5, 5.41) is 0. The fourth-order valence-electron chi connectivity index (χ4n) is 0.470. The van der Waals surface area contributed by atoms with E-state index < -0.39 is 11.1 Å². The lowest BCUT2D eigenvalue weighted by atomic mass is 10.3. The molecule has 0 N–H and O–H groups in total. The van der Waals surface area contributed by atoms with E-state index in [1.807, 2.05) is 6.92 Å². The van der Waals surface area contributed by atoms with Gasteiger partial charge in [0.2, 0.25) is 0 Å². The van der Waals surface area contributed by atoms with Gasteiger partial charge in [-0.3, -0.25) is 4.21 Å². The summed E-state index contributed by atoms with van der Waals surface area (Å²) < 4.78 is 19.7. The molecule has 0 amide bonds. The molecule has 8 heavy (non-hydrogen) atoms. The molecule has 0 bridgehead atoms. The molecule has 0 aliphatic heterocycles. The van der Waals surface area contributed by atoms with Crippen LogP contribution in [0.3, 0.4) is 0 Å². The van der Waals surface area contributed by atoms with Crippen molar-refractivity contribution >= 4 is 11.1 Å². The number of rotatable bonds is 4. The molecule has 0 heterocycles. The second kappa shape index (κ2) is 5.25. The minimum absolute atomic E-state index is 0.327. The van der Waals surface area contributed by atoms with Gasteiger partial charge in [-0.05, 0) is 6.42 Å². The zero-order valence-electron chi connectivity index (χ0n) is 5.05. The smallest absolute Gasteiger partial charge is 0.0102 e. The molecule has 3 heteroatoms. The third-order valence-corrected chi connectivity index (χ3v) is 1.54. The van der Waals surface area contributed by atoms with E-state index in [2.05, 4.69) is 0 Å². The highest BCUT2D eigenvalue weighted by molar-refractivity contribution is 7.79. The van der Waals surface area contributed by atoms with Gasteiger partial charge in [0.15, 0.2) is 0 Å². The average Bonchev–Trinajstić information content (AvgIpc) is 1.66. The summed E-state index contributed by atoms with van der Waals surface area (Å²) in [5.41, 5.74) is 0. The van der Waals surface area contributed by atoms with Crippen LogP contribution in [0, 0.1) is 0 Å². The van der Waals surface area contributed by atoms with Crippen molar-refractivity contribution in [1.82, 2.24) is 0 Å². The Morgan fingerprint density at radius 3 is 2.50 bits per heavy atom. The van der Waals surface area contributed by atoms with Crippen molar-refractivity contribution in [1.29, 1.82) is 0 Å². The summed E-state index contributed by atoms with van der Waals surface area (Å²) in [7, 11) is 0. The monoisotopic (exact) mass is 135 g/mol. The van der Waals surface area contributed by atoms with Gasteiger partial charge in [0.25, 0.3) is 0 Å². The van der Waals surface area contributed by atoms with Gasteiger partial charge in [0, 0.05) is 5.75 Å². The van der Waals surface area contributed by atoms with Crippen molar-refractivity contribution in [2.75, 3.05) is 5.75 Å². The standard InChI is InChI=1S/C5H12O2S/c1-2-3-4-5-8(6)7/h2-5H2,1H3,(H,6,7)/p-1. The summed E-state index contributed by atoms with van der Waals surface area (Å²) in [5.74, 6) is 0.327. The Hall–Kier alpha value is 0.110. The fourth-order valence-corrected chi connectivity index (χ4v) is 0.910. The van der Waals surface area contributed by atoms with E-state index in [9.17, 15) is 8.76 Å². The van der Waals surface area contributed by atoms with Crippen LogP contribution < -0.4 is 0 Å². The molecular formula is C5H11O2S-. The largest absolute Gasteiger partial charge is 0.772 e. The van der Waals surface area contributed by atoms with E-state index in [0.717, 1.165) is 19.3 Å². The summed E-state index contributed by atoms with van der Waals surface area (Å²) in [6, 6.07) is 0. The molecule has 0 spiro atoms. The van der Waals surface area contributed by atoms with E-state index in [1.54, 1.807) is 0 Å². The lowest BCUT2D eigenvalue weighted by molar-refractivity contribution is 0.533. The molecule has 2 nitrogen and oxygen atoms in total. The predicted molar refractivity (Wildman–Crippen MR) is 33.3 cm³/mol. The molecule has 0 aromatic rings. The van der Waals surface area contributed by atoms with E-state index in [0.29, 0.717) is 5.75 Å². The van der Waals surface area contributed by atoms with Crippen LogP contribution in [0.15, 0.2) is 0 Å². The molecule has 0 saturated heterocycles. The molecule has 0 radical (unpaired) electrons. The molecular weight excluding hydrogens is 124 g/mol. The van der Waals surface area contributed by atoms with E-state index >= 15 is 0 Å². The van der Waals surface area contributed by atoms with E-state index in [-0.39, 0.29) is 0 Å². The van der Waals surface area contributed by atoms with Crippen molar-refractivity contribution in [3.63, 3.8) is 0 Å². The van der Waals surface area contributed by atoms with Crippen LogP contribution in [0.5, 0.6) is 0 Å². The second-order valence-corrected chi connectivity index (χ2v) is 2.73. The first-order chi connectivity index (χ1) is 3.77. The third-order valence-electron chi connectivity index (χ3n) is 0.915. The van der Waals surface area contributed by atoms with Crippen LogP contribution >= 0.6 is 0 Å². The van der Waals surface area contributed by atoms with Crippen LogP contribution in [0.2, 0.25) is 0 Å². The van der Waals surface area contributed by atoms with Gasteiger partial charge >= 0.3 is 0 Å². The molecule has 0 saturated carbocycles. The summed E-state index contributed by atoms with van der Waals surface area (Å²) in [6.07, 6.45) is 2.91. The van der Waals surface area contributed by atoms with Crippen LogP contribution in [0.1, 0.15) is 26.2 Å². The lowest BCUT2D eigenvalue weighted by Crippen LogP contribution is -1.93. The summed E-state index contributed by atoms with van der Waals surface area (Å²) >= 11 is -1.82. The van der Waals surface area contributed by atoms with Crippen molar-refractivity contribution in [3.05, 3.63) is 0 Å². The molecule has 0 aliphatic rings.